The van der Waals surface area contributed by atoms with Crippen molar-refractivity contribution in [1.29, 1.82) is 0 Å². The van der Waals surface area contributed by atoms with Crippen molar-refractivity contribution in [3.8, 4) is 0 Å². The summed E-state index contributed by atoms with van der Waals surface area (Å²) in [4.78, 5) is 26.4. The highest BCUT2D eigenvalue weighted by Gasteiger charge is 2.66. The number of aliphatic carboxylic acids is 1. The number of amides is 1. The highest BCUT2D eigenvalue weighted by Crippen LogP contribution is 2.52. The molecule has 0 unspecified atom stereocenters. The number of likely N-dealkylation sites (tertiary alicyclic amines) is 1. The molecule has 2 bridgehead atoms. The van der Waals surface area contributed by atoms with Crippen LogP contribution in [0.2, 0.25) is 0 Å². The Morgan fingerprint density at radius 3 is 2.88 bits per heavy atom. The molecule has 3 aliphatic rings. The minimum atomic E-state index is -0.957. The molecule has 2 fully saturated rings. The van der Waals surface area contributed by atoms with Gasteiger partial charge in [0.1, 0.15) is 11.5 Å². The molecule has 4 atom stereocenters. The molecule has 126 valence electrons. The van der Waals surface area contributed by atoms with Gasteiger partial charge in [-0.25, -0.2) is 0 Å². The van der Waals surface area contributed by atoms with Crippen LogP contribution in [0.4, 0.5) is 0 Å². The molecule has 5 nitrogen and oxygen atoms in total. The van der Waals surface area contributed by atoms with Gasteiger partial charge in [0.2, 0.25) is 5.91 Å². The number of carboxylic acid groups (broad SMARTS) is 1. The van der Waals surface area contributed by atoms with E-state index in [0.717, 1.165) is 16.3 Å². The second-order valence-corrected chi connectivity index (χ2v) is 7.07. The van der Waals surface area contributed by atoms with Gasteiger partial charge in [0, 0.05) is 6.54 Å². The lowest BCUT2D eigenvalue weighted by atomic mass is 9.77. The maximum Gasteiger partial charge on any atom is 0.310 e. The lowest BCUT2D eigenvalue weighted by molar-refractivity contribution is -0.148. The normalized spacial score (nSPS) is 32.6. The summed E-state index contributed by atoms with van der Waals surface area (Å²) in [7, 11) is 0. The summed E-state index contributed by atoms with van der Waals surface area (Å²) in [6.45, 7) is 0.878. The maximum absolute atomic E-state index is 13.0. The SMILES string of the molecule is O=C(O)[C@H]1[C@H]2C=C[C@]3(CN(Cc4cccc5ccccc45)C(=O)[C@@H]13)O2. The molecule has 1 amide bonds. The number of hydrogen-bond acceptors (Lipinski definition) is 3. The molecule has 3 aliphatic heterocycles. The van der Waals surface area contributed by atoms with Gasteiger partial charge in [-0.2, -0.15) is 0 Å². The summed E-state index contributed by atoms with van der Waals surface area (Å²) in [5, 5.41) is 11.8. The van der Waals surface area contributed by atoms with E-state index in [2.05, 4.69) is 0 Å². The lowest BCUT2D eigenvalue weighted by Gasteiger charge is -2.22. The van der Waals surface area contributed by atoms with Crippen molar-refractivity contribution in [1.82, 2.24) is 4.90 Å². The fourth-order valence-electron chi connectivity index (χ4n) is 4.63. The third kappa shape index (κ3) is 1.93. The van der Waals surface area contributed by atoms with Gasteiger partial charge in [0.05, 0.1) is 18.6 Å². The molecule has 0 saturated carbocycles. The second-order valence-electron chi connectivity index (χ2n) is 7.07. The molecule has 2 aromatic carbocycles. The third-order valence-corrected chi connectivity index (χ3v) is 5.71. The minimum absolute atomic E-state index is 0.118. The van der Waals surface area contributed by atoms with Gasteiger partial charge < -0.3 is 14.7 Å². The number of nitrogens with zero attached hydrogens (tertiary/aromatic N) is 1. The van der Waals surface area contributed by atoms with Crippen molar-refractivity contribution in [2.45, 2.75) is 18.2 Å². The first-order valence-electron chi connectivity index (χ1n) is 8.44. The first-order valence-corrected chi connectivity index (χ1v) is 8.44. The predicted molar refractivity (Wildman–Crippen MR) is 90.7 cm³/mol. The average molecular weight is 335 g/mol. The predicted octanol–water partition coefficient (Wildman–Crippen LogP) is 2.21. The van der Waals surface area contributed by atoms with E-state index < -0.39 is 29.5 Å². The van der Waals surface area contributed by atoms with Crippen LogP contribution >= 0.6 is 0 Å². The molecule has 2 saturated heterocycles. The van der Waals surface area contributed by atoms with Crippen molar-refractivity contribution in [3.63, 3.8) is 0 Å². The van der Waals surface area contributed by atoms with Crippen molar-refractivity contribution in [2.24, 2.45) is 11.8 Å². The molecule has 1 spiro atoms. The molecular formula is C20H17NO4. The first-order chi connectivity index (χ1) is 12.1. The smallest absolute Gasteiger partial charge is 0.310 e. The van der Waals surface area contributed by atoms with Crippen molar-refractivity contribution < 1.29 is 19.4 Å². The molecule has 0 radical (unpaired) electrons. The van der Waals surface area contributed by atoms with Gasteiger partial charge in [0.15, 0.2) is 0 Å². The number of carboxylic acids is 1. The van der Waals surface area contributed by atoms with Crippen molar-refractivity contribution in [3.05, 3.63) is 60.2 Å². The monoisotopic (exact) mass is 335 g/mol. The van der Waals surface area contributed by atoms with E-state index in [1.807, 2.05) is 48.5 Å². The number of carbonyl (C=O) groups is 2. The van der Waals surface area contributed by atoms with Crippen LogP contribution in [-0.4, -0.2) is 40.1 Å². The van der Waals surface area contributed by atoms with Crippen LogP contribution in [-0.2, 0) is 20.9 Å². The summed E-state index contributed by atoms with van der Waals surface area (Å²) in [6, 6.07) is 14.1. The zero-order chi connectivity index (χ0) is 17.2. The second kappa shape index (κ2) is 4.92. The highest BCUT2D eigenvalue weighted by molar-refractivity contribution is 5.91. The molecule has 2 aromatic rings. The number of carbonyl (C=O) groups excluding carboxylic acids is 1. The Balaban J connectivity index is 1.50. The third-order valence-electron chi connectivity index (χ3n) is 5.71. The Labute approximate surface area is 144 Å². The molecule has 5 heteroatoms. The van der Waals surface area contributed by atoms with Crippen LogP contribution in [0.3, 0.4) is 0 Å². The first kappa shape index (κ1) is 14.7. The maximum atomic E-state index is 13.0. The van der Waals surface area contributed by atoms with E-state index in [-0.39, 0.29) is 5.91 Å². The van der Waals surface area contributed by atoms with Crippen LogP contribution in [0, 0.1) is 11.8 Å². The van der Waals surface area contributed by atoms with Crippen LogP contribution in [0.15, 0.2) is 54.6 Å². The molecule has 0 aromatic heterocycles. The fourth-order valence-corrected chi connectivity index (χ4v) is 4.63. The molecule has 25 heavy (non-hydrogen) atoms. The standard InChI is InChI=1S/C20H17NO4/c22-18-17-16(19(23)24)15-8-9-20(17,25-15)11-21(18)10-13-6-3-5-12-4-1-2-7-14(12)13/h1-9,15-17H,10-11H2,(H,23,24)/t15-,16+,17-,20-/m1/s1. The Bertz CT molecular complexity index is 931. The zero-order valence-electron chi connectivity index (χ0n) is 13.5. The summed E-state index contributed by atoms with van der Waals surface area (Å²) in [6.07, 6.45) is 3.21. The van der Waals surface area contributed by atoms with Crippen LogP contribution < -0.4 is 0 Å². The molecule has 0 aliphatic carbocycles. The Morgan fingerprint density at radius 1 is 1.24 bits per heavy atom. The van der Waals surface area contributed by atoms with Gasteiger partial charge in [-0.05, 0) is 16.3 Å². The van der Waals surface area contributed by atoms with E-state index in [1.54, 1.807) is 11.0 Å². The fraction of sp³-hybridized carbons (Fsp3) is 0.300. The van der Waals surface area contributed by atoms with E-state index in [0.29, 0.717) is 13.1 Å². The van der Waals surface area contributed by atoms with E-state index in [4.69, 9.17) is 4.74 Å². The lowest BCUT2D eigenvalue weighted by Crippen LogP contribution is -2.39. The summed E-state index contributed by atoms with van der Waals surface area (Å²) < 4.78 is 5.93. The van der Waals surface area contributed by atoms with Crippen molar-refractivity contribution >= 4 is 22.6 Å². The summed E-state index contributed by atoms with van der Waals surface area (Å²) in [5.41, 5.74) is 0.295. The van der Waals surface area contributed by atoms with Gasteiger partial charge in [-0.1, -0.05) is 54.6 Å². The Hall–Kier alpha value is -2.66. The quantitative estimate of drug-likeness (QED) is 0.874. The van der Waals surface area contributed by atoms with Gasteiger partial charge in [-0.15, -0.1) is 0 Å². The Kier molecular flexibility index (Phi) is 2.89. The molecule has 1 N–H and O–H groups in total. The minimum Gasteiger partial charge on any atom is -0.481 e. The number of rotatable bonds is 3. The van der Waals surface area contributed by atoms with Crippen LogP contribution in [0.1, 0.15) is 5.56 Å². The van der Waals surface area contributed by atoms with E-state index in [1.165, 1.54) is 0 Å². The average Bonchev–Trinajstić information content (AvgIpc) is 3.24. The van der Waals surface area contributed by atoms with Crippen LogP contribution in [0.5, 0.6) is 0 Å². The van der Waals surface area contributed by atoms with E-state index in [9.17, 15) is 14.7 Å². The highest BCUT2D eigenvalue weighted by atomic mass is 16.5. The number of hydrogen-bond donors (Lipinski definition) is 1. The van der Waals surface area contributed by atoms with Crippen molar-refractivity contribution in [2.75, 3.05) is 6.54 Å². The van der Waals surface area contributed by atoms with Gasteiger partial charge in [-0.3, -0.25) is 9.59 Å². The summed E-state index contributed by atoms with van der Waals surface area (Å²) >= 11 is 0. The van der Waals surface area contributed by atoms with E-state index >= 15 is 0 Å². The summed E-state index contributed by atoms with van der Waals surface area (Å²) in [5.74, 6) is -2.47. The van der Waals surface area contributed by atoms with Crippen LogP contribution in [0.25, 0.3) is 10.8 Å². The molecule has 3 heterocycles. The number of benzene rings is 2. The van der Waals surface area contributed by atoms with Gasteiger partial charge in [0.25, 0.3) is 0 Å². The molecule has 5 rings (SSSR count). The largest absolute Gasteiger partial charge is 0.481 e. The zero-order valence-corrected chi connectivity index (χ0v) is 13.5. The Morgan fingerprint density at radius 2 is 2.04 bits per heavy atom. The van der Waals surface area contributed by atoms with Gasteiger partial charge >= 0.3 is 5.97 Å². The number of fused-ring (bicyclic) bond motifs is 2. The topological polar surface area (TPSA) is 66.8 Å². The molecular weight excluding hydrogens is 318 g/mol. The number of ether oxygens (including phenoxy) is 1.